The van der Waals surface area contributed by atoms with Crippen molar-refractivity contribution in [1.29, 1.82) is 0 Å². The Kier molecular flexibility index (Phi) is 3.38. The molecule has 0 radical (unpaired) electrons. The topological polar surface area (TPSA) is 34.1 Å². The maximum Gasteiger partial charge on any atom is 0.150 e. The Morgan fingerprint density at radius 3 is 2.77 bits per heavy atom. The van der Waals surface area contributed by atoms with Gasteiger partial charge >= 0.3 is 0 Å². The molecular formula is C11H12O2. The predicted octanol–water partition coefficient (Wildman–Crippen LogP) is 1.88. The number of rotatable bonds is 4. The number of hydrogen-bond acceptors (Lipinski definition) is 2. The van der Waals surface area contributed by atoms with E-state index < -0.39 is 0 Å². The minimum Gasteiger partial charge on any atom is -0.303 e. The lowest BCUT2D eigenvalue weighted by atomic mass is 10.0. The molecule has 0 aromatic heterocycles. The molecular weight excluding hydrogens is 164 g/mol. The van der Waals surface area contributed by atoms with Gasteiger partial charge in [0.2, 0.25) is 0 Å². The van der Waals surface area contributed by atoms with E-state index in [1.165, 1.54) is 0 Å². The Balaban J connectivity index is 2.77. The van der Waals surface area contributed by atoms with Crippen LogP contribution in [0.15, 0.2) is 24.3 Å². The molecule has 68 valence electrons. The molecule has 1 rings (SSSR count). The number of carbonyl (C=O) groups is 2. The molecule has 1 unspecified atom stereocenters. The fourth-order valence-corrected chi connectivity index (χ4v) is 1.21. The zero-order valence-corrected chi connectivity index (χ0v) is 7.57. The molecule has 0 aliphatic carbocycles. The summed E-state index contributed by atoms with van der Waals surface area (Å²) in [5, 5.41) is 0. The molecule has 1 atom stereocenters. The summed E-state index contributed by atoms with van der Waals surface area (Å²) in [5.41, 5.74) is 1.69. The van der Waals surface area contributed by atoms with E-state index in [2.05, 4.69) is 0 Å². The minimum atomic E-state index is 0.0157. The van der Waals surface area contributed by atoms with Crippen LogP contribution in [0.4, 0.5) is 0 Å². The van der Waals surface area contributed by atoms with Crippen molar-refractivity contribution >= 4 is 12.6 Å². The average molecular weight is 176 g/mol. The molecule has 0 saturated carbocycles. The molecule has 0 aliphatic heterocycles. The van der Waals surface area contributed by atoms with Gasteiger partial charge in [-0.05, 0) is 18.1 Å². The van der Waals surface area contributed by atoms with Gasteiger partial charge in [0.15, 0.2) is 0 Å². The van der Waals surface area contributed by atoms with E-state index in [-0.39, 0.29) is 5.92 Å². The van der Waals surface area contributed by atoms with E-state index >= 15 is 0 Å². The second-order valence-electron chi connectivity index (χ2n) is 3.18. The van der Waals surface area contributed by atoms with Crippen molar-refractivity contribution in [2.45, 2.75) is 13.3 Å². The third kappa shape index (κ3) is 2.82. The molecule has 2 heteroatoms. The van der Waals surface area contributed by atoms with Crippen LogP contribution in [0.5, 0.6) is 0 Å². The lowest BCUT2D eigenvalue weighted by molar-refractivity contribution is -0.110. The highest BCUT2D eigenvalue weighted by atomic mass is 16.1. The Hall–Kier alpha value is -1.44. The summed E-state index contributed by atoms with van der Waals surface area (Å²) in [6.07, 6.45) is 2.44. The van der Waals surface area contributed by atoms with Crippen LogP contribution in [-0.2, 0) is 11.2 Å². The van der Waals surface area contributed by atoms with E-state index in [1.807, 2.05) is 25.1 Å². The third-order valence-electron chi connectivity index (χ3n) is 1.88. The van der Waals surface area contributed by atoms with Crippen molar-refractivity contribution in [2.24, 2.45) is 5.92 Å². The Bertz CT molecular complexity index is 305. The quantitative estimate of drug-likeness (QED) is 0.656. The van der Waals surface area contributed by atoms with Crippen molar-refractivity contribution < 1.29 is 9.59 Å². The Morgan fingerprint density at radius 1 is 1.38 bits per heavy atom. The Labute approximate surface area is 77.6 Å². The molecule has 0 aliphatic rings. The van der Waals surface area contributed by atoms with E-state index in [1.54, 1.807) is 6.07 Å². The van der Waals surface area contributed by atoms with Gasteiger partial charge in [-0.2, -0.15) is 0 Å². The molecule has 0 heterocycles. The van der Waals surface area contributed by atoms with Gasteiger partial charge < -0.3 is 4.79 Å². The van der Waals surface area contributed by atoms with Crippen LogP contribution in [0.1, 0.15) is 22.8 Å². The van der Waals surface area contributed by atoms with Gasteiger partial charge in [-0.3, -0.25) is 4.79 Å². The molecule has 0 amide bonds. The first-order valence-electron chi connectivity index (χ1n) is 4.25. The summed E-state index contributed by atoms with van der Waals surface area (Å²) in [6, 6.07) is 7.32. The molecule has 1 aromatic carbocycles. The van der Waals surface area contributed by atoms with Crippen LogP contribution in [0, 0.1) is 5.92 Å². The first-order valence-corrected chi connectivity index (χ1v) is 4.25. The standard InChI is InChI=1S/C11H12O2/c1-9(7-12)5-10-3-2-4-11(6-10)8-13/h2-4,6-9H,5H2,1H3. The third-order valence-corrected chi connectivity index (χ3v) is 1.88. The highest BCUT2D eigenvalue weighted by Gasteiger charge is 2.01. The van der Waals surface area contributed by atoms with Gasteiger partial charge in [0, 0.05) is 11.5 Å². The molecule has 0 saturated heterocycles. The first-order chi connectivity index (χ1) is 6.26. The van der Waals surface area contributed by atoms with Crippen LogP contribution in [0.25, 0.3) is 0 Å². The lowest BCUT2D eigenvalue weighted by Crippen LogP contribution is -2.00. The zero-order valence-electron chi connectivity index (χ0n) is 7.57. The van der Waals surface area contributed by atoms with Crippen molar-refractivity contribution in [3.05, 3.63) is 35.4 Å². The summed E-state index contributed by atoms with van der Waals surface area (Å²) >= 11 is 0. The van der Waals surface area contributed by atoms with Crippen molar-refractivity contribution in [1.82, 2.24) is 0 Å². The molecule has 2 nitrogen and oxygen atoms in total. The average Bonchev–Trinajstić information content (AvgIpc) is 2.18. The van der Waals surface area contributed by atoms with Crippen LogP contribution < -0.4 is 0 Å². The normalized spacial score (nSPS) is 12.1. The van der Waals surface area contributed by atoms with E-state index in [4.69, 9.17) is 0 Å². The van der Waals surface area contributed by atoms with Gasteiger partial charge in [-0.25, -0.2) is 0 Å². The van der Waals surface area contributed by atoms with Gasteiger partial charge in [0.25, 0.3) is 0 Å². The summed E-state index contributed by atoms with van der Waals surface area (Å²) in [4.78, 5) is 20.8. The van der Waals surface area contributed by atoms with Gasteiger partial charge in [-0.1, -0.05) is 25.1 Å². The highest BCUT2D eigenvalue weighted by Crippen LogP contribution is 2.08. The van der Waals surface area contributed by atoms with Gasteiger partial charge in [0.1, 0.15) is 12.6 Å². The van der Waals surface area contributed by atoms with E-state index in [0.29, 0.717) is 12.0 Å². The maximum absolute atomic E-state index is 10.4. The number of benzene rings is 1. The summed E-state index contributed by atoms with van der Waals surface area (Å²) < 4.78 is 0. The van der Waals surface area contributed by atoms with Gasteiger partial charge in [-0.15, -0.1) is 0 Å². The SMILES string of the molecule is CC(C=O)Cc1cccc(C=O)c1. The molecule has 0 spiro atoms. The molecule has 0 fully saturated rings. The van der Waals surface area contributed by atoms with Gasteiger partial charge in [0.05, 0.1) is 0 Å². The largest absolute Gasteiger partial charge is 0.303 e. The molecule has 13 heavy (non-hydrogen) atoms. The van der Waals surface area contributed by atoms with Crippen molar-refractivity contribution in [3.63, 3.8) is 0 Å². The fourth-order valence-electron chi connectivity index (χ4n) is 1.21. The predicted molar refractivity (Wildman–Crippen MR) is 50.8 cm³/mol. The lowest BCUT2D eigenvalue weighted by Gasteiger charge is -2.03. The second kappa shape index (κ2) is 4.55. The van der Waals surface area contributed by atoms with Crippen LogP contribution in [0.2, 0.25) is 0 Å². The van der Waals surface area contributed by atoms with Crippen LogP contribution >= 0.6 is 0 Å². The molecule has 0 N–H and O–H groups in total. The van der Waals surface area contributed by atoms with Crippen molar-refractivity contribution in [3.8, 4) is 0 Å². The first kappa shape index (κ1) is 9.65. The molecule has 0 bridgehead atoms. The molecule has 1 aromatic rings. The number of hydrogen-bond donors (Lipinski definition) is 0. The van der Waals surface area contributed by atoms with Crippen LogP contribution in [-0.4, -0.2) is 12.6 Å². The zero-order chi connectivity index (χ0) is 9.68. The summed E-state index contributed by atoms with van der Waals surface area (Å²) in [5.74, 6) is 0.0157. The van der Waals surface area contributed by atoms with E-state index in [0.717, 1.165) is 18.1 Å². The highest BCUT2D eigenvalue weighted by molar-refractivity contribution is 5.75. The number of aldehydes is 2. The summed E-state index contributed by atoms with van der Waals surface area (Å²) in [7, 11) is 0. The van der Waals surface area contributed by atoms with Crippen molar-refractivity contribution in [2.75, 3.05) is 0 Å². The second-order valence-corrected chi connectivity index (χ2v) is 3.18. The monoisotopic (exact) mass is 176 g/mol. The number of carbonyl (C=O) groups excluding carboxylic acids is 2. The maximum atomic E-state index is 10.4. The smallest absolute Gasteiger partial charge is 0.150 e. The minimum absolute atomic E-state index is 0.0157. The van der Waals surface area contributed by atoms with E-state index in [9.17, 15) is 9.59 Å². The van der Waals surface area contributed by atoms with Crippen LogP contribution in [0.3, 0.4) is 0 Å². The Morgan fingerprint density at radius 2 is 2.15 bits per heavy atom. The summed E-state index contributed by atoms with van der Waals surface area (Å²) in [6.45, 7) is 1.86. The fraction of sp³-hybridized carbons (Fsp3) is 0.273.